The molecule has 2 heteroatoms. The Bertz CT molecular complexity index is 148. The standard InChI is InChI=1S/C10H19NO/c1-10(4-5-10)8-11-9-3-2-6-12-7-9/h9,11H,2-8H2,1H3/t9-/m1/s1. The highest BCUT2D eigenvalue weighted by Gasteiger charge is 2.37. The Hall–Kier alpha value is -0.0800. The second kappa shape index (κ2) is 3.35. The van der Waals surface area contributed by atoms with Crippen LogP contribution in [0.4, 0.5) is 0 Å². The van der Waals surface area contributed by atoms with Gasteiger partial charge in [0, 0.05) is 19.2 Å². The molecule has 0 unspecified atom stereocenters. The topological polar surface area (TPSA) is 21.3 Å². The highest BCUT2D eigenvalue weighted by molar-refractivity contribution is 4.91. The van der Waals surface area contributed by atoms with Gasteiger partial charge < -0.3 is 10.1 Å². The Kier molecular flexibility index (Phi) is 2.37. The minimum Gasteiger partial charge on any atom is -0.380 e. The first kappa shape index (κ1) is 8.52. The fourth-order valence-corrected chi connectivity index (χ4v) is 1.68. The number of hydrogen-bond donors (Lipinski definition) is 1. The van der Waals surface area contributed by atoms with E-state index in [9.17, 15) is 0 Å². The molecule has 2 aliphatic rings. The third-order valence-electron chi connectivity index (χ3n) is 3.08. The van der Waals surface area contributed by atoms with Gasteiger partial charge in [-0.2, -0.15) is 0 Å². The van der Waals surface area contributed by atoms with Crippen LogP contribution in [0.1, 0.15) is 32.6 Å². The summed E-state index contributed by atoms with van der Waals surface area (Å²) in [4.78, 5) is 0. The molecule has 0 amide bonds. The van der Waals surface area contributed by atoms with Crippen molar-refractivity contribution in [2.75, 3.05) is 19.8 Å². The van der Waals surface area contributed by atoms with Gasteiger partial charge in [0.25, 0.3) is 0 Å². The third-order valence-corrected chi connectivity index (χ3v) is 3.08. The summed E-state index contributed by atoms with van der Waals surface area (Å²) in [5, 5.41) is 3.60. The number of rotatable bonds is 3. The van der Waals surface area contributed by atoms with Gasteiger partial charge in [-0.1, -0.05) is 6.92 Å². The van der Waals surface area contributed by atoms with Gasteiger partial charge in [0.2, 0.25) is 0 Å². The van der Waals surface area contributed by atoms with Crippen LogP contribution >= 0.6 is 0 Å². The van der Waals surface area contributed by atoms with Crippen molar-refractivity contribution in [2.45, 2.75) is 38.6 Å². The summed E-state index contributed by atoms with van der Waals surface area (Å²) in [5.74, 6) is 0. The summed E-state index contributed by atoms with van der Waals surface area (Å²) < 4.78 is 5.41. The zero-order valence-corrected chi connectivity index (χ0v) is 7.94. The lowest BCUT2D eigenvalue weighted by Gasteiger charge is -2.24. The maximum Gasteiger partial charge on any atom is 0.0619 e. The molecule has 0 bridgehead atoms. The highest BCUT2D eigenvalue weighted by atomic mass is 16.5. The van der Waals surface area contributed by atoms with Crippen molar-refractivity contribution in [1.29, 1.82) is 0 Å². The normalized spacial score (nSPS) is 33.2. The zero-order chi connectivity index (χ0) is 8.44. The molecule has 1 heterocycles. The third kappa shape index (κ3) is 2.20. The summed E-state index contributed by atoms with van der Waals surface area (Å²) in [7, 11) is 0. The molecule has 0 aromatic rings. The summed E-state index contributed by atoms with van der Waals surface area (Å²) >= 11 is 0. The predicted octanol–water partition coefficient (Wildman–Crippen LogP) is 1.56. The SMILES string of the molecule is CC1(CN[C@@H]2CCCOC2)CC1. The second-order valence-electron chi connectivity index (χ2n) is 4.61. The molecule has 1 saturated carbocycles. The summed E-state index contributed by atoms with van der Waals surface area (Å²) in [5.41, 5.74) is 0.636. The zero-order valence-electron chi connectivity index (χ0n) is 7.94. The average molecular weight is 169 g/mol. The van der Waals surface area contributed by atoms with Gasteiger partial charge >= 0.3 is 0 Å². The molecule has 0 radical (unpaired) electrons. The molecule has 1 aliphatic carbocycles. The van der Waals surface area contributed by atoms with E-state index in [1.54, 1.807) is 0 Å². The second-order valence-corrected chi connectivity index (χ2v) is 4.61. The largest absolute Gasteiger partial charge is 0.380 e. The van der Waals surface area contributed by atoms with E-state index in [1.165, 1.54) is 32.2 Å². The maximum atomic E-state index is 5.41. The first-order chi connectivity index (χ1) is 5.79. The Morgan fingerprint density at radius 1 is 1.50 bits per heavy atom. The lowest BCUT2D eigenvalue weighted by atomic mass is 10.1. The van der Waals surface area contributed by atoms with Gasteiger partial charge in [-0.3, -0.25) is 0 Å². The molecule has 1 atom stereocenters. The van der Waals surface area contributed by atoms with E-state index in [1.807, 2.05) is 0 Å². The molecule has 1 saturated heterocycles. The van der Waals surface area contributed by atoms with Crippen LogP contribution in [-0.2, 0) is 4.74 Å². The first-order valence-electron chi connectivity index (χ1n) is 5.10. The van der Waals surface area contributed by atoms with Crippen molar-refractivity contribution in [3.63, 3.8) is 0 Å². The quantitative estimate of drug-likeness (QED) is 0.692. The Labute approximate surface area is 74.7 Å². The van der Waals surface area contributed by atoms with Gasteiger partial charge in [-0.05, 0) is 31.1 Å². The van der Waals surface area contributed by atoms with Crippen LogP contribution in [0.5, 0.6) is 0 Å². The molecular formula is C10H19NO. The molecule has 2 nitrogen and oxygen atoms in total. The van der Waals surface area contributed by atoms with Crippen LogP contribution in [-0.4, -0.2) is 25.8 Å². The molecular weight excluding hydrogens is 150 g/mol. The minimum absolute atomic E-state index is 0.635. The van der Waals surface area contributed by atoms with Crippen molar-refractivity contribution in [1.82, 2.24) is 5.32 Å². The molecule has 1 aliphatic heterocycles. The number of nitrogens with one attached hydrogen (secondary N) is 1. The first-order valence-corrected chi connectivity index (χ1v) is 5.10. The fraction of sp³-hybridized carbons (Fsp3) is 1.00. The summed E-state index contributed by atoms with van der Waals surface area (Å²) in [6.07, 6.45) is 5.35. The molecule has 1 N–H and O–H groups in total. The van der Waals surface area contributed by atoms with Gasteiger partial charge in [0.05, 0.1) is 6.61 Å². The molecule has 70 valence electrons. The van der Waals surface area contributed by atoms with Gasteiger partial charge in [0.1, 0.15) is 0 Å². The lowest BCUT2D eigenvalue weighted by Crippen LogP contribution is -2.39. The molecule has 0 spiro atoms. The molecule has 12 heavy (non-hydrogen) atoms. The Morgan fingerprint density at radius 2 is 2.33 bits per heavy atom. The van der Waals surface area contributed by atoms with Crippen LogP contribution in [0.2, 0.25) is 0 Å². The van der Waals surface area contributed by atoms with Crippen molar-refractivity contribution in [3.05, 3.63) is 0 Å². The smallest absolute Gasteiger partial charge is 0.0619 e. The van der Waals surface area contributed by atoms with Gasteiger partial charge in [0.15, 0.2) is 0 Å². The highest BCUT2D eigenvalue weighted by Crippen LogP contribution is 2.44. The van der Waals surface area contributed by atoms with E-state index in [4.69, 9.17) is 4.74 Å². The van der Waals surface area contributed by atoms with E-state index in [0.29, 0.717) is 11.5 Å². The number of ether oxygens (including phenoxy) is 1. The van der Waals surface area contributed by atoms with Crippen LogP contribution in [0.3, 0.4) is 0 Å². The van der Waals surface area contributed by atoms with E-state index >= 15 is 0 Å². The lowest BCUT2D eigenvalue weighted by molar-refractivity contribution is 0.0689. The van der Waals surface area contributed by atoms with Crippen LogP contribution in [0, 0.1) is 5.41 Å². The van der Waals surface area contributed by atoms with E-state index in [2.05, 4.69) is 12.2 Å². The molecule has 0 aromatic heterocycles. The van der Waals surface area contributed by atoms with E-state index < -0.39 is 0 Å². The maximum absolute atomic E-state index is 5.41. The van der Waals surface area contributed by atoms with Gasteiger partial charge in [-0.25, -0.2) is 0 Å². The predicted molar refractivity (Wildman–Crippen MR) is 49.2 cm³/mol. The van der Waals surface area contributed by atoms with Crippen LogP contribution in [0.25, 0.3) is 0 Å². The van der Waals surface area contributed by atoms with Gasteiger partial charge in [-0.15, -0.1) is 0 Å². The van der Waals surface area contributed by atoms with Crippen molar-refractivity contribution >= 4 is 0 Å². The van der Waals surface area contributed by atoms with E-state index in [0.717, 1.165) is 13.2 Å². The number of hydrogen-bond acceptors (Lipinski definition) is 2. The van der Waals surface area contributed by atoms with Crippen molar-refractivity contribution < 1.29 is 4.74 Å². The Balaban J connectivity index is 1.65. The van der Waals surface area contributed by atoms with E-state index in [-0.39, 0.29) is 0 Å². The van der Waals surface area contributed by atoms with Crippen molar-refractivity contribution in [3.8, 4) is 0 Å². The fourth-order valence-electron chi connectivity index (χ4n) is 1.68. The average Bonchev–Trinajstić information content (AvgIpc) is 2.84. The monoisotopic (exact) mass is 169 g/mol. The minimum atomic E-state index is 0.635. The van der Waals surface area contributed by atoms with Crippen LogP contribution < -0.4 is 5.32 Å². The summed E-state index contributed by atoms with van der Waals surface area (Å²) in [6.45, 7) is 5.45. The molecule has 2 fully saturated rings. The molecule has 2 rings (SSSR count). The van der Waals surface area contributed by atoms with Crippen LogP contribution in [0.15, 0.2) is 0 Å². The summed E-state index contributed by atoms with van der Waals surface area (Å²) in [6, 6.07) is 0.635. The van der Waals surface area contributed by atoms with Crippen molar-refractivity contribution in [2.24, 2.45) is 5.41 Å². The molecule has 0 aromatic carbocycles. The Morgan fingerprint density at radius 3 is 2.92 bits per heavy atom.